The van der Waals surface area contributed by atoms with Gasteiger partial charge in [0.05, 0.1) is 6.17 Å². The van der Waals surface area contributed by atoms with Crippen LogP contribution >= 0.6 is 0 Å². The fraction of sp³-hybridized carbons (Fsp3) is 0.400. The molecule has 3 N–H and O–H groups in total. The van der Waals surface area contributed by atoms with E-state index in [1.54, 1.807) is 0 Å². The van der Waals surface area contributed by atoms with Gasteiger partial charge in [-0.3, -0.25) is 0 Å². The Kier molecular flexibility index (Phi) is 2.00. The Balaban J connectivity index is 2.31. The van der Waals surface area contributed by atoms with Crippen molar-refractivity contribution in [2.24, 2.45) is 5.73 Å². The lowest BCUT2D eigenvalue weighted by atomic mass is 10.1. The summed E-state index contributed by atoms with van der Waals surface area (Å²) in [5, 5.41) is 3.30. The summed E-state index contributed by atoms with van der Waals surface area (Å²) >= 11 is 0. The number of hydrogen-bond donors (Lipinski definition) is 2. The maximum atomic E-state index is 5.84. The predicted octanol–water partition coefficient (Wildman–Crippen LogP) is 1.72. The molecule has 2 heteroatoms. The number of hydrogen-bond acceptors (Lipinski definition) is 2. The Morgan fingerprint density at radius 1 is 1.33 bits per heavy atom. The van der Waals surface area contributed by atoms with Crippen LogP contribution in [0.25, 0.3) is 0 Å². The van der Waals surface area contributed by atoms with Crippen LogP contribution in [-0.4, -0.2) is 6.17 Å². The summed E-state index contributed by atoms with van der Waals surface area (Å²) in [6.45, 7) is 0. The van der Waals surface area contributed by atoms with Gasteiger partial charge in [0.15, 0.2) is 0 Å². The van der Waals surface area contributed by atoms with Crippen LogP contribution in [0.4, 0.5) is 5.69 Å². The third-order valence-electron chi connectivity index (χ3n) is 2.32. The highest BCUT2D eigenvalue weighted by Crippen LogP contribution is 2.21. The molecule has 12 heavy (non-hydrogen) atoms. The summed E-state index contributed by atoms with van der Waals surface area (Å²) in [6.07, 6.45) is 3.53. The molecule has 1 heterocycles. The SMILES string of the molecule is NC1CCCc2ccccc2N1. The Bertz CT molecular complexity index is 270. The van der Waals surface area contributed by atoms with Gasteiger partial charge in [-0.15, -0.1) is 0 Å². The number of nitrogens with one attached hydrogen (secondary N) is 1. The average molecular weight is 162 g/mol. The van der Waals surface area contributed by atoms with E-state index >= 15 is 0 Å². The molecule has 0 spiro atoms. The van der Waals surface area contributed by atoms with Gasteiger partial charge in [0.25, 0.3) is 0 Å². The van der Waals surface area contributed by atoms with E-state index in [4.69, 9.17) is 5.73 Å². The summed E-state index contributed by atoms with van der Waals surface area (Å²) in [7, 11) is 0. The maximum Gasteiger partial charge on any atom is 0.0743 e. The highest BCUT2D eigenvalue weighted by molar-refractivity contribution is 5.52. The Labute approximate surface area is 72.8 Å². The lowest BCUT2D eigenvalue weighted by molar-refractivity contribution is 0.652. The van der Waals surface area contributed by atoms with E-state index in [1.165, 1.54) is 17.7 Å². The van der Waals surface area contributed by atoms with E-state index in [-0.39, 0.29) is 6.17 Å². The number of anilines is 1. The maximum absolute atomic E-state index is 5.84. The van der Waals surface area contributed by atoms with Crippen molar-refractivity contribution in [3.05, 3.63) is 29.8 Å². The molecule has 2 nitrogen and oxygen atoms in total. The van der Waals surface area contributed by atoms with Crippen molar-refractivity contribution in [1.82, 2.24) is 0 Å². The predicted molar refractivity (Wildman–Crippen MR) is 51.0 cm³/mol. The van der Waals surface area contributed by atoms with E-state index < -0.39 is 0 Å². The molecule has 1 atom stereocenters. The van der Waals surface area contributed by atoms with Crippen molar-refractivity contribution in [1.29, 1.82) is 0 Å². The molecule has 1 aromatic rings. The summed E-state index contributed by atoms with van der Waals surface area (Å²) in [5.74, 6) is 0. The first-order valence-corrected chi connectivity index (χ1v) is 4.46. The highest BCUT2D eigenvalue weighted by atomic mass is 15.0. The van der Waals surface area contributed by atoms with Gasteiger partial charge in [-0.2, -0.15) is 0 Å². The number of para-hydroxylation sites is 1. The molecule has 1 aliphatic rings. The van der Waals surface area contributed by atoms with E-state index in [9.17, 15) is 0 Å². The van der Waals surface area contributed by atoms with Gasteiger partial charge in [0.1, 0.15) is 0 Å². The fourth-order valence-electron chi connectivity index (χ4n) is 1.66. The molecule has 2 rings (SSSR count). The van der Waals surface area contributed by atoms with Crippen molar-refractivity contribution in [2.75, 3.05) is 5.32 Å². The molecule has 0 bridgehead atoms. The summed E-state index contributed by atoms with van der Waals surface area (Å²) in [5.41, 5.74) is 8.44. The van der Waals surface area contributed by atoms with Gasteiger partial charge in [-0.1, -0.05) is 18.2 Å². The Morgan fingerprint density at radius 2 is 2.17 bits per heavy atom. The van der Waals surface area contributed by atoms with Crippen molar-refractivity contribution >= 4 is 5.69 Å². The van der Waals surface area contributed by atoms with Crippen molar-refractivity contribution < 1.29 is 0 Å². The summed E-state index contributed by atoms with van der Waals surface area (Å²) in [6, 6.07) is 8.39. The molecule has 64 valence electrons. The number of aryl methyl sites for hydroxylation is 1. The summed E-state index contributed by atoms with van der Waals surface area (Å²) < 4.78 is 0. The van der Waals surface area contributed by atoms with E-state index in [0.29, 0.717) is 0 Å². The normalized spacial score (nSPS) is 22.2. The van der Waals surface area contributed by atoms with Crippen LogP contribution < -0.4 is 11.1 Å². The van der Waals surface area contributed by atoms with Crippen LogP contribution in [0, 0.1) is 0 Å². The molecule has 1 aromatic carbocycles. The number of fused-ring (bicyclic) bond motifs is 1. The zero-order chi connectivity index (χ0) is 8.39. The van der Waals surface area contributed by atoms with Gasteiger partial charge in [-0.25, -0.2) is 0 Å². The molecule has 0 amide bonds. The van der Waals surface area contributed by atoms with Crippen molar-refractivity contribution in [3.8, 4) is 0 Å². The van der Waals surface area contributed by atoms with Gasteiger partial charge in [0, 0.05) is 5.69 Å². The quantitative estimate of drug-likeness (QED) is 0.609. The van der Waals surface area contributed by atoms with Crippen LogP contribution in [-0.2, 0) is 6.42 Å². The van der Waals surface area contributed by atoms with E-state index in [1.807, 2.05) is 6.07 Å². The minimum Gasteiger partial charge on any atom is -0.370 e. The van der Waals surface area contributed by atoms with Crippen molar-refractivity contribution in [3.63, 3.8) is 0 Å². The largest absolute Gasteiger partial charge is 0.370 e. The average Bonchev–Trinajstić information content (AvgIpc) is 2.25. The smallest absolute Gasteiger partial charge is 0.0743 e. The molecule has 0 aromatic heterocycles. The first kappa shape index (κ1) is 7.62. The van der Waals surface area contributed by atoms with E-state index in [0.717, 1.165) is 12.8 Å². The van der Waals surface area contributed by atoms with Gasteiger partial charge < -0.3 is 11.1 Å². The molecule has 0 saturated carbocycles. The standard InChI is InChI=1S/C10H14N2/c11-10-7-3-5-8-4-1-2-6-9(8)12-10/h1-2,4,6,10,12H,3,5,7,11H2. The molecule has 0 radical (unpaired) electrons. The van der Waals surface area contributed by atoms with Crippen LogP contribution in [0.2, 0.25) is 0 Å². The second kappa shape index (κ2) is 3.15. The number of rotatable bonds is 0. The molecular formula is C10H14N2. The number of benzene rings is 1. The number of nitrogens with two attached hydrogens (primary N) is 1. The van der Waals surface area contributed by atoms with Crippen molar-refractivity contribution in [2.45, 2.75) is 25.4 Å². The highest BCUT2D eigenvalue weighted by Gasteiger charge is 2.10. The third kappa shape index (κ3) is 1.43. The Morgan fingerprint density at radius 3 is 3.08 bits per heavy atom. The monoisotopic (exact) mass is 162 g/mol. The molecular weight excluding hydrogens is 148 g/mol. The molecule has 0 fully saturated rings. The first-order valence-electron chi connectivity index (χ1n) is 4.46. The van der Waals surface area contributed by atoms with Crippen LogP contribution in [0.3, 0.4) is 0 Å². The van der Waals surface area contributed by atoms with Crippen LogP contribution in [0.15, 0.2) is 24.3 Å². The first-order chi connectivity index (χ1) is 5.86. The molecule has 1 aliphatic heterocycles. The lowest BCUT2D eigenvalue weighted by Crippen LogP contribution is -2.28. The molecule has 0 aliphatic carbocycles. The minimum absolute atomic E-state index is 0.133. The second-order valence-corrected chi connectivity index (χ2v) is 3.30. The summed E-state index contributed by atoms with van der Waals surface area (Å²) in [4.78, 5) is 0. The van der Waals surface area contributed by atoms with Gasteiger partial charge in [0.2, 0.25) is 0 Å². The molecule has 0 saturated heterocycles. The minimum atomic E-state index is 0.133. The van der Waals surface area contributed by atoms with Gasteiger partial charge >= 0.3 is 0 Å². The zero-order valence-corrected chi connectivity index (χ0v) is 7.09. The zero-order valence-electron chi connectivity index (χ0n) is 7.09. The lowest BCUT2D eigenvalue weighted by Gasteiger charge is -2.12. The molecule has 1 unspecified atom stereocenters. The Hall–Kier alpha value is -1.02. The van der Waals surface area contributed by atoms with Crippen LogP contribution in [0.5, 0.6) is 0 Å². The van der Waals surface area contributed by atoms with Crippen LogP contribution in [0.1, 0.15) is 18.4 Å². The van der Waals surface area contributed by atoms with Gasteiger partial charge in [-0.05, 0) is 30.9 Å². The second-order valence-electron chi connectivity index (χ2n) is 3.30. The van der Waals surface area contributed by atoms with E-state index in [2.05, 4.69) is 23.5 Å². The third-order valence-corrected chi connectivity index (χ3v) is 2.32. The fourth-order valence-corrected chi connectivity index (χ4v) is 1.66. The topological polar surface area (TPSA) is 38.0 Å².